The fourth-order valence-electron chi connectivity index (χ4n) is 1.92. The summed E-state index contributed by atoms with van der Waals surface area (Å²) < 4.78 is 13.3. The number of halogens is 1. The monoisotopic (exact) mass is 254 g/mol. The largest absolute Gasteiger partial charge is 0.264 e. The summed E-state index contributed by atoms with van der Waals surface area (Å²) in [5.74, 6) is -0.269. The third-order valence-electron chi connectivity index (χ3n) is 2.86. The summed E-state index contributed by atoms with van der Waals surface area (Å²) in [5.41, 5.74) is 3.22. The van der Waals surface area contributed by atoms with Crippen LogP contribution in [0.2, 0.25) is 0 Å². The molecule has 96 valence electrons. The van der Waals surface area contributed by atoms with E-state index >= 15 is 0 Å². The van der Waals surface area contributed by atoms with Crippen molar-refractivity contribution in [3.05, 3.63) is 59.6 Å². The molecule has 0 saturated carbocycles. The summed E-state index contributed by atoms with van der Waals surface area (Å²) >= 11 is 0. The Labute approximate surface area is 112 Å². The van der Waals surface area contributed by atoms with E-state index in [1.54, 1.807) is 6.07 Å². The SMILES string of the molecule is C=N/C(=C\C=C/C)c1cc2cc(F)ccc2nc1C. The quantitative estimate of drug-likeness (QED) is 0.592. The Morgan fingerprint density at radius 3 is 2.84 bits per heavy atom. The van der Waals surface area contributed by atoms with Crippen LogP contribution in [0.4, 0.5) is 4.39 Å². The van der Waals surface area contributed by atoms with Gasteiger partial charge in [-0.2, -0.15) is 0 Å². The second-order valence-electron chi connectivity index (χ2n) is 4.19. The van der Waals surface area contributed by atoms with Gasteiger partial charge in [0.1, 0.15) is 5.82 Å². The highest BCUT2D eigenvalue weighted by atomic mass is 19.1. The lowest BCUT2D eigenvalue weighted by molar-refractivity contribution is 0.629. The van der Waals surface area contributed by atoms with Crippen LogP contribution < -0.4 is 0 Å². The number of rotatable bonds is 3. The molecule has 3 heteroatoms. The summed E-state index contributed by atoms with van der Waals surface area (Å²) in [6.45, 7) is 7.41. The summed E-state index contributed by atoms with van der Waals surface area (Å²) in [7, 11) is 0. The molecule has 0 aliphatic rings. The fourth-order valence-corrected chi connectivity index (χ4v) is 1.92. The Morgan fingerprint density at radius 1 is 1.37 bits per heavy atom. The zero-order chi connectivity index (χ0) is 13.8. The normalized spacial score (nSPS) is 12.3. The van der Waals surface area contributed by atoms with Crippen molar-refractivity contribution in [3.8, 4) is 0 Å². The summed E-state index contributed by atoms with van der Waals surface area (Å²) in [4.78, 5) is 8.49. The third kappa shape index (κ3) is 2.76. The Hall–Kier alpha value is -2.29. The van der Waals surface area contributed by atoms with E-state index in [9.17, 15) is 4.39 Å². The molecule has 0 N–H and O–H groups in total. The molecule has 1 aromatic heterocycles. The van der Waals surface area contributed by atoms with Crippen molar-refractivity contribution in [2.75, 3.05) is 0 Å². The number of allylic oxidation sites excluding steroid dienone is 3. The van der Waals surface area contributed by atoms with Crippen LogP contribution >= 0.6 is 0 Å². The summed E-state index contributed by atoms with van der Waals surface area (Å²) in [5, 5.41) is 0.760. The molecule has 2 rings (SSSR count). The molecule has 0 amide bonds. The van der Waals surface area contributed by atoms with Gasteiger partial charge in [0.15, 0.2) is 0 Å². The molecule has 19 heavy (non-hydrogen) atoms. The molecule has 0 atom stereocenters. The van der Waals surface area contributed by atoms with Crippen LogP contribution in [0, 0.1) is 12.7 Å². The van der Waals surface area contributed by atoms with Crippen LogP contribution in [0.5, 0.6) is 0 Å². The second kappa shape index (κ2) is 5.57. The highest BCUT2D eigenvalue weighted by Gasteiger charge is 2.07. The maximum absolute atomic E-state index is 13.3. The molecule has 0 spiro atoms. The zero-order valence-corrected chi connectivity index (χ0v) is 11.0. The van der Waals surface area contributed by atoms with Gasteiger partial charge in [0.2, 0.25) is 0 Å². The predicted molar refractivity (Wildman–Crippen MR) is 78.8 cm³/mol. The van der Waals surface area contributed by atoms with Crippen molar-refractivity contribution in [1.82, 2.24) is 4.98 Å². The van der Waals surface area contributed by atoms with Crippen molar-refractivity contribution >= 4 is 23.3 Å². The molecule has 2 nitrogen and oxygen atoms in total. The predicted octanol–water partition coefficient (Wildman–Crippen LogP) is 4.30. The smallest absolute Gasteiger partial charge is 0.123 e. The first kappa shape index (κ1) is 13.1. The topological polar surface area (TPSA) is 25.2 Å². The van der Waals surface area contributed by atoms with Crippen molar-refractivity contribution in [2.24, 2.45) is 4.99 Å². The van der Waals surface area contributed by atoms with Gasteiger partial charge in [0.05, 0.1) is 11.2 Å². The molecule has 0 saturated heterocycles. The minimum atomic E-state index is -0.269. The molecule has 0 aliphatic carbocycles. The Balaban J connectivity index is 2.65. The average molecular weight is 254 g/mol. The Bertz CT molecular complexity index is 684. The van der Waals surface area contributed by atoms with E-state index in [1.165, 1.54) is 12.1 Å². The van der Waals surface area contributed by atoms with Crippen LogP contribution in [0.3, 0.4) is 0 Å². The molecular weight excluding hydrogens is 239 g/mol. The van der Waals surface area contributed by atoms with Gasteiger partial charge < -0.3 is 0 Å². The van der Waals surface area contributed by atoms with E-state index in [2.05, 4.69) is 16.7 Å². The summed E-state index contributed by atoms with van der Waals surface area (Å²) in [6, 6.07) is 6.46. The zero-order valence-electron chi connectivity index (χ0n) is 11.0. The van der Waals surface area contributed by atoms with Gasteiger partial charge in [0, 0.05) is 16.6 Å². The van der Waals surface area contributed by atoms with E-state index in [1.807, 2.05) is 38.1 Å². The van der Waals surface area contributed by atoms with E-state index < -0.39 is 0 Å². The number of aromatic nitrogens is 1. The lowest BCUT2D eigenvalue weighted by Crippen LogP contribution is -1.93. The molecule has 0 fully saturated rings. The number of benzene rings is 1. The highest BCUT2D eigenvalue weighted by molar-refractivity contribution is 5.84. The van der Waals surface area contributed by atoms with Crippen LogP contribution in [0.15, 0.2) is 47.5 Å². The van der Waals surface area contributed by atoms with Crippen LogP contribution in [0.1, 0.15) is 18.2 Å². The van der Waals surface area contributed by atoms with E-state index in [0.717, 1.165) is 27.9 Å². The van der Waals surface area contributed by atoms with Crippen molar-refractivity contribution in [1.29, 1.82) is 0 Å². The molecule has 0 bridgehead atoms. The number of nitrogens with zero attached hydrogens (tertiary/aromatic N) is 2. The Morgan fingerprint density at radius 2 is 2.16 bits per heavy atom. The third-order valence-corrected chi connectivity index (χ3v) is 2.86. The van der Waals surface area contributed by atoms with Gasteiger partial charge in [0.25, 0.3) is 0 Å². The van der Waals surface area contributed by atoms with Crippen LogP contribution in [0.25, 0.3) is 16.6 Å². The van der Waals surface area contributed by atoms with Gasteiger partial charge in [-0.05, 0) is 50.9 Å². The molecule has 0 radical (unpaired) electrons. The molecule has 1 heterocycles. The average Bonchev–Trinajstić information content (AvgIpc) is 2.40. The van der Waals surface area contributed by atoms with E-state index in [-0.39, 0.29) is 5.82 Å². The van der Waals surface area contributed by atoms with Crippen LogP contribution in [-0.4, -0.2) is 11.7 Å². The molecule has 1 aromatic carbocycles. The van der Waals surface area contributed by atoms with Gasteiger partial charge in [-0.3, -0.25) is 9.98 Å². The van der Waals surface area contributed by atoms with Crippen LogP contribution in [-0.2, 0) is 0 Å². The van der Waals surface area contributed by atoms with E-state index in [4.69, 9.17) is 0 Å². The number of hydrogen-bond donors (Lipinski definition) is 0. The first-order valence-electron chi connectivity index (χ1n) is 6.02. The number of aryl methyl sites for hydroxylation is 1. The van der Waals surface area contributed by atoms with Crippen molar-refractivity contribution < 1.29 is 4.39 Å². The minimum absolute atomic E-state index is 0.269. The van der Waals surface area contributed by atoms with Gasteiger partial charge in [-0.25, -0.2) is 4.39 Å². The molecule has 2 aromatic rings. The highest BCUT2D eigenvalue weighted by Crippen LogP contribution is 2.24. The number of hydrogen-bond acceptors (Lipinski definition) is 2. The lowest BCUT2D eigenvalue weighted by atomic mass is 10.1. The van der Waals surface area contributed by atoms with E-state index in [0.29, 0.717) is 0 Å². The lowest BCUT2D eigenvalue weighted by Gasteiger charge is -2.07. The first-order chi connectivity index (χ1) is 9.15. The van der Waals surface area contributed by atoms with Crippen molar-refractivity contribution in [3.63, 3.8) is 0 Å². The fraction of sp³-hybridized carbons (Fsp3) is 0.125. The standard InChI is InChI=1S/C16H15FN2/c1-4-5-6-16(18-3)14-10-12-9-13(17)7-8-15(12)19-11(14)2/h4-10H,3H2,1-2H3/b5-4-,16-6-. The Kier molecular flexibility index (Phi) is 3.85. The first-order valence-corrected chi connectivity index (χ1v) is 6.02. The summed E-state index contributed by atoms with van der Waals surface area (Å²) in [6.07, 6.45) is 5.66. The number of pyridine rings is 1. The van der Waals surface area contributed by atoms with Crippen molar-refractivity contribution in [2.45, 2.75) is 13.8 Å². The van der Waals surface area contributed by atoms with Gasteiger partial charge >= 0.3 is 0 Å². The molecule has 0 aliphatic heterocycles. The molecular formula is C16H15FN2. The molecule has 0 unspecified atom stereocenters. The van der Waals surface area contributed by atoms with Gasteiger partial charge in [-0.1, -0.05) is 12.2 Å². The van der Waals surface area contributed by atoms with Gasteiger partial charge in [-0.15, -0.1) is 0 Å². The maximum atomic E-state index is 13.3. The number of fused-ring (bicyclic) bond motifs is 1. The number of aliphatic imine (C=N–C) groups is 1. The minimum Gasteiger partial charge on any atom is -0.264 e. The second-order valence-corrected chi connectivity index (χ2v) is 4.19. The maximum Gasteiger partial charge on any atom is 0.123 e.